The molecule has 16 heteroatoms. The molecular weight excluding hydrogens is 394 g/mol. The van der Waals surface area contributed by atoms with Crippen molar-refractivity contribution in [3.05, 3.63) is 12.4 Å². The van der Waals surface area contributed by atoms with Gasteiger partial charge in [0.05, 0.1) is 13.3 Å². The number of nitrogens with zero attached hydrogens (tertiary/aromatic N) is 2. The second kappa shape index (κ2) is 6.93. The Labute approximate surface area is 133 Å². The number of hydrogen-bond donors (Lipinski definition) is 2. The number of sulfonamides is 2. The molecule has 1 rings (SSSR count). The number of halogens is 6. The Balaban J connectivity index is 2.40. The Morgan fingerprint density at radius 3 is 1.79 bits per heavy atom. The first-order valence-corrected chi connectivity index (χ1v) is 8.91. The number of alkyl halides is 6. The van der Waals surface area contributed by atoms with Crippen molar-refractivity contribution in [2.45, 2.75) is 11.0 Å². The van der Waals surface area contributed by atoms with Gasteiger partial charge >= 0.3 is 31.1 Å². The van der Waals surface area contributed by atoms with Crippen LogP contribution in [0.2, 0.25) is 0 Å². The summed E-state index contributed by atoms with van der Waals surface area (Å²) < 4.78 is 118. The topological polar surface area (TPSA) is 98.8 Å². The summed E-state index contributed by atoms with van der Waals surface area (Å²) in [5.41, 5.74) is -10.9. The minimum Gasteiger partial charge on any atom is -0.357 e. The van der Waals surface area contributed by atoms with Gasteiger partial charge in [-0.05, 0) is 0 Å². The zero-order chi connectivity index (χ0) is 18.8. The second-order valence-corrected chi connectivity index (χ2v) is 7.95. The van der Waals surface area contributed by atoms with Gasteiger partial charge in [0.25, 0.3) is 0 Å². The van der Waals surface area contributed by atoms with E-state index in [0.717, 1.165) is 4.90 Å². The fourth-order valence-electron chi connectivity index (χ4n) is 1.42. The standard InChI is InChI=1S/C8H12F6N4O4S2/c9-7(10,11)23(19,20)15-1-2-17-3-4-18(6-17)5-16-24(21,22)8(12,13)14/h3-4,15-16H,1-2,5-6H2. The molecule has 0 bridgehead atoms. The first kappa shape index (κ1) is 20.8. The van der Waals surface area contributed by atoms with Gasteiger partial charge in [0.1, 0.15) is 0 Å². The minimum atomic E-state index is -5.52. The lowest BCUT2D eigenvalue weighted by Gasteiger charge is -2.22. The molecule has 1 aliphatic heterocycles. The third kappa shape index (κ3) is 5.38. The van der Waals surface area contributed by atoms with E-state index >= 15 is 0 Å². The van der Waals surface area contributed by atoms with Crippen molar-refractivity contribution in [1.29, 1.82) is 0 Å². The normalized spacial score (nSPS) is 16.9. The Kier molecular flexibility index (Phi) is 6.00. The summed E-state index contributed by atoms with van der Waals surface area (Å²) >= 11 is 0. The molecule has 0 aromatic carbocycles. The summed E-state index contributed by atoms with van der Waals surface area (Å²) in [7, 11) is -11.0. The fraction of sp³-hybridized carbons (Fsp3) is 0.750. The maximum atomic E-state index is 12.1. The van der Waals surface area contributed by atoms with Gasteiger partial charge < -0.3 is 9.80 Å². The highest BCUT2D eigenvalue weighted by molar-refractivity contribution is 7.90. The van der Waals surface area contributed by atoms with Gasteiger partial charge in [0.15, 0.2) is 0 Å². The summed E-state index contributed by atoms with van der Waals surface area (Å²) in [5, 5.41) is 0. The molecular formula is C8H12F6N4O4S2. The van der Waals surface area contributed by atoms with Gasteiger partial charge in [0.2, 0.25) is 0 Å². The zero-order valence-electron chi connectivity index (χ0n) is 11.6. The Morgan fingerprint density at radius 2 is 1.29 bits per heavy atom. The predicted molar refractivity (Wildman–Crippen MR) is 68.5 cm³/mol. The summed E-state index contributed by atoms with van der Waals surface area (Å²) in [6.45, 7) is -1.68. The molecule has 24 heavy (non-hydrogen) atoms. The van der Waals surface area contributed by atoms with E-state index < -0.39 is 44.3 Å². The third-order valence-electron chi connectivity index (χ3n) is 2.61. The summed E-state index contributed by atoms with van der Waals surface area (Å²) in [4.78, 5) is 2.35. The first-order valence-electron chi connectivity index (χ1n) is 5.94. The second-order valence-electron chi connectivity index (χ2n) is 4.44. The van der Waals surface area contributed by atoms with Gasteiger partial charge in [0, 0.05) is 25.5 Å². The van der Waals surface area contributed by atoms with E-state index in [-0.39, 0.29) is 13.2 Å². The quantitative estimate of drug-likeness (QED) is 0.572. The molecule has 1 heterocycles. The van der Waals surface area contributed by atoms with Crippen LogP contribution in [0.1, 0.15) is 0 Å². The molecule has 8 nitrogen and oxygen atoms in total. The van der Waals surface area contributed by atoms with E-state index in [9.17, 15) is 43.2 Å². The van der Waals surface area contributed by atoms with Crippen LogP contribution in [-0.2, 0) is 20.0 Å². The van der Waals surface area contributed by atoms with Crippen molar-refractivity contribution in [2.24, 2.45) is 0 Å². The van der Waals surface area contributed by atoms with E-state index in [4.69, 9.17) is 0 Å². The van der Waals surface area contributed by atoms with Crippen LogP contribution in [-0.4, -0.2) is 64.1 Å². The van der Waals surface area contributed by atoms with E-state index in [1.54, 1.807) is 0 Å². The highest BCUT2D eigenvalue weighted by Gasteiger charge is 2.46. The van der Waals surface area contributed by atoms with Crippen LogP contribution in [0.5, 0.6) is 0 Å². The Hall–Kier alpha value is -1.26. The summed E-state index contributed by atoms with van der Waals surface area (Å²) in [5.74, 6) is 0. The van der Waals surface area contributed by atoms with Crippen molar-refractivity contribution in [3.63, 3.8) is 0 Å². The van der Waals surface area contributed by atoms with E-state index in [2.05, 4.69) is 0 Å². The highest BCUT2D eigenvalue weighted by atomic mass is 32.2. The van der Waals surface area contributed by atoms with E-state index in [1.165, 1.54) is 26.7 Å². The van der Waals surface area contributed by atoms with Crippen molar-refractivity contribution in [2.75, 3.05) is 26.4 Å². The molecule has 0 radical (unpaired) electrons. The number of rotatable bonds is 7. The molecule has 0 unspecified atom stereocenters. The van der Waals surface area contributed by atoms with Crippen LogP contribution in [0.25, 0.3) is 0 Å². The maximum absolute atomic E-state index is 12.1. The van der Waals surface area contributed by atoms with E-state index in [0.29, 0.717) is 0 Å². The SMILES string of the molecule is O=S(=O)(NCCN1C=CN(CNS(=O)(=O)C(F)(F)F)C1)C(F)(F)F. The van der Waals surface area contributed by atoms with E-state index in [1.807, 2.05) is 0 Å². The lowest BCUT2D eigenvalue weighted by Crippen LogP contribution is -2.43. The molecule has 0 saturated heterocycles. The minimum absolute atomic E-state index is 0.145. The van der Waals surface area contributed by atoms with Gasteiger partial charge in [-0.2, -0.15) is 31.1 Å². The average molecular weight is 406 g/mol. The van der Waals surface area contributed by atoms with Crippen LogP contribution in [0.3, 0.4) is 0 Å². The molecule has 0 aromatic rings. The van der Waals surface area contributed by atoms with Crippen LogP contribution >= 0.6 is 0 Å². The molecule has 142 valence electrons. The molecule has 0 atom stereocenters. The monoisotopic (exact) mass is 406 g/mol. The number of hydrogen-bond acceptors (Lipinski definition) is 6. The highest BCUT2D eigenvalue weighted by Crippen LogP contribution is 2.22. The molecule has 0 aromatic heterocycles. The van der Waals surface area contributed by atoms with Crippen LogP contribution in [0.15, 0.2) is 12.4 Å². The van der Waals surface area contributed by atoms with Crippen LogP contribution in [0.4, 0.5) is 26.3 Å². The van der Waals surface area contributed by atoms with Gasteiger partial charge in [-0.25, -0.2) is 21.6 Å². The largest absolute Gasteiger partial charge is 0.511 e. The van der Waals surface area contributed by atoms with Crippen molar-refractivity contribution >= 4 is 20.0 Å². The van der Waals surface area contributed by atoms with Gasteiger partial charge in [-0.3, -0.25) is 0 Å². The summed E-state index contributed by atoms with van der Waals surface area (Å²) in [6.07, 6.45) is 2.45. The maximum Gasteiger partial charge on any atom is 0.511 e. The molecule has 0 amide bonds. The first-order chi connectivity index (χ1) is 10.7. The number of nitrogens with one attached hydrogen (secondary N) is 2. The Morgan fingerprint density at radius 1 is 0.833 bits per heavy atom. The molecule has 0 spiro atoms. The molecule has 0 fully saturated rings. The predicted octanol–water partition coefficient (Wildman–Crippen LogP) is -0.131. The van der Waals surface area contributed by atoms with Crippen molar-refractivity contribution in [3.8, 4) is 0 Å². The lowest BCUT2D eigenvalue weighted by atomic mass is 10.6. The zero-order valence-corrected chi connectivity index (χ0v) is 13.2. The van der Waals surface area contributed by atoms with Gasteiger partial charge in [-0.1, -0.05) is 0 Å². The lowest BCUT2D eigenvalue weighted by molar-refractivity contribution is -0.0456. The fourth-order valence-corrected chi connectivity index (χ4v) is 2.44. The van der Waals surface area contributed by atoms with Crippen molar-refractivity contribution < 1.29 is 43.2 Å². The average Bonchev–Trinajstić information content (AvgIpc) is 2.81. The molecule has 0 saturated carbocycles. The molecule has 2 N–H and O–H groups in total. The van der Waals surface area contributed by atoms with Crippen molar-refractivity contribution in [1.82, 2.24) is 19.2 Å². The Bertz CT molecular complexity index is 672. The van der Waals surface area contributed by atoms with Crippen LogP contribution in [0, 0.1) is 0 Å². The smallest absolute Gasteiger partial charge is 0.357 e. The van der Waals surface area contributed by atoms with Gasteiger partial charge in [-0.15, -0.1) is 0 Å². The molecule has 0 aliphatic carbocycles. The summed E-state index contributed by atoms with van der Waals surface area (Å²) in [6, 6.07) is 0. The van der Waals surface area contributed by atoms with Crippen LogP contribution < -0.4 is 9.44 Å². The molecule has 1 aliphatic rings. The third-order valence-corrected chi connectivity index (χ3v) is 4.92.